The summed E-state index contributed by atoms with van der Waals surface area (Å²) in [6.07, 6.45) is 0.512. The summed E-state index contributed by atoms with van der Waals surface area (Å²) in [5, 5.41) is 0.770. The van der Waals surface area contributed by atoms with Gasteiger partial charge in [0.1, 0.15) is 5.78 Å². The van der Waals surface area contributed by atoms with E-state index in [2.05, 4.69) is 0 Å². The van der Waals surface area contributed by atoms with E-state index in [1.54, 1.807) is 18.3 Å². The van der Waals surface area contributed by atoms with E-state index >= 15 is 0 Å². The smallest absolute Gasteiger partial charge is 0.135 e. The zero-order valence-corrected chi connectivity index (χ0v) is 8.05. The molecule has 1 rings (SSSR count). The van der Waals surface area contributed by atoms with Gasteiger partial charge >= 0.3 is 0 Å². The first-order valence-corrected chi connectivity index (χ1v) is 4.53. The highest BCUT2D eigenvalue weighted by atomic mass is 35.5. The first-order valence-electron chi connectivity index (χ1n) is 3.34. The number of thiophene rings is 1. The number of carbonyl (C=O) groups is 1. The molecular weight excluding hydrogens is 180 g/mol. The Kier molecular flexibility index (Phi) is 2.68. The van der Waals surface area contributed by atoms with E-state index < -0.39 is 0 Å². The topological polar surface area (TPSA) is 17.1 Å². The van der Waals surface area contributed by atoms with Gasteiger partial charge in [-0.05, 0) is 19.9 Å². The van der Waals surface area contributed by atoms with Crippen molar-refractivity contribution in [3.05, 3.63) is 20.8 Å². The molecule has 0 aliphatic heterocycles. The minimum atomic E-state index is 0.183. The molecule has 1 aromatic rings. The Morgan fingerprint density at radius 3 is 2.73 bits per heavy atom. The monoisotopic (exact) mass is 188 g/mol. The number of carbonyl (C=O) groups excluding carboxylic acids is 1. The molecule has 0 aliphatic rings. The maximum absolute atomic E-state index is 10.7. The number of Topliss-reactive ketones (excluding diaryl/α,β-unsaturated/α-hetero) is 1. The molecule has 60 valence electrons. The van der Waals surface area contributed by atoms with Gasteiger partial charge in [0.15, 0.2) is 0 Å². The van der Waals surface area contributed by atoms with E-state index in [-0.39, 0.29) is 5.78 Å². The minimum Gasteiger partial charge on any atom is -0.300 e. The first kappa shape index (κ1) is 8.75. The van der Waals surface area contributed by atoms with Crippen LogP contribution in [0.25, 0.3) is 0 Å². The van der Waals surface area contributed by atoms with Crippen molar-refractivity contribution in [2.24, 2.45) is 0 Å². The van der Waals surface area contributed by atoms with Gasteiger partial charge in [-0.25, -0.2) is 0 Å². The van der Waals surface area contributed by atoms with Gasteiger partial charge in [0.2, 0.25) is 0 Å². The number of ketones is 1. The van der Waals surface area contributed by atoms with Gasteiger partial charge in [-0.1, -0.05) is 11.6 Å². The van der Waals surface area contributed by atoms with Crippen LogP contribution in [-0.4, -0.2) is 5.78 Å². The molecule has 0 aliphatic carbocycles. The Labute approximate surface area is 75.0 Å². The lowest BCUT2D eigenvalue weighted by Crippen LogP contribution is -1.92. The summed E-state index contributed by atoms with van der Waals surface area (Å²) in [7, 11) is 0. The van der Waals surface area contributed by atoms with Gasteiger partial charge in [-0.15, -0.1) is 11.3 Å². The molecule has 0 spiro atoms. The molecule has 1 aromatic heterocycles. The Balaban J connectivity index is 2.81. The molecule has 0 amide bonds. The number of rotatable bonds is 2. The number of hydrogen-bond acceptors (Lipinski definition) is 2. The Bertz CT molecular complexity index is 258. The zero-order chi connectivity index (χ0) is 8.43. The number of aryl methyl sites for hydroxylation is 1. The van der Waals surface area contributed by atoms with Crippen LogP contribution >= 0.6 is 22.9 Å². The molecule has 3 heteroatoms. The first-order chi connectivity index (χ1) is 5.09. The molecule has 0 saturated heterocycles. The third-order valence-corrected chi connectivity index (χ3v) is 2.89. The van der Waals surface area contributed by atoms with Crippen LogP contribution in [0, 0.1) is 6.92 Å². The highest BCUT2D eigenvalue weighted by Gasteiger charge is 2.04. The second-order valence-electron chi connectivity index (χ2n) is 2.50. The lowest BCUT2D eigenvalue weighted by molar-refractivity contribution is -0.116. The number of halogens is 1. The van der Waals surface area contributed by atoms with Crippen molar-refractivity contribution < 1.29 is 4.79 Å². The summed E-state index contributed by atoms with van der Waals surface area (Å²) in [6.45, 7) is 3.54. The second kappa shape index (κ2) is 3.37. The van der Waals surface area contributed by atoms with Crippen LogP contribution in [0.3, 0.4) is 0 Å². The van der Waals surface area contributed by atoms with E-state index in [1.807, 2.05) is 13.0 Å². The van der Waals surface area contributed by atoms with Gasteiger partial charge in [0.05, 0.1) is 5.02 Å². The molecule has 0 fully saturated rings. The standard InChI is InChI=1S/C8H9ClOS/c1-5(10)3-7-4-8(9)6(2)11-7/h4H,3H2,1-2H3. The summed E-state index contributed by atoms with van der Waals surface area (Å²) in [5.41, 5.74) is 0. The predicted molar refractivity (Wildman–Crippen MR) is 48.5 cm³/mol. The summed E-state index contributed by atoms with van der Waals surface area (Å²) in [5.74, 6) is 0.183. The lowest BCUT2D eigenvalue weighted by Gasteiger charge is -1.86. The largest absolute Gasteiger partial charge is 0.300 e. The molecule has 1 heterocycles. The fourth-order valence-electron chi connectivity index (χ4n) is 0.850. The summed E-state index contributed by atoms with van der Waals surface area (Å²) >= 11 is 7.40. The van der Waals surface area contributed by atoms with Gasteiger partial charge < -0.3 is 0 Å². The van der Waals surface area contributed by atoms with Crippen molar-refractivity contribution in [1.29, 1.82) is 0 Å². The van der Waals surface area contributed by atoms with Crippen LogP contribution in [0.1, 0.15) is 16.7 Å². The van der Waals surface area contributed by atoms with Crippen molar-refractivity contribution in [1.82, 2.24) is 0 Å². The molecule has 0 aromatic carbocycles. The molecule has 0 saturated carbocycles. The van der Waals surface area contributed by atoms with Crippen molar-refractivity contribution in [3.63, 3.8) is 0 Å². The molecule has 0 radical (unpaired) electrons. The van der Waals surface area contributed by atoms with Gasteiger partial charge in [-0.3, -0.25) is 4.79 Å². The molecule has 1 nitrogen and oxygen atoms in total. The van der Waals surface area contributed by atoms with E-state index in [1.165, 1.54) is 0 Å². The normalized spacial score (nSPS) is 10.1. The van der Waals surface area contributed by atoms with Gasteiger partial charge in [0, 0.05) is 16.2 Å². The average Bonchev–Trinajstić information content (AvgIpc) is 2.10. The van der Waals surface area contributed by atoms with E-state index in [4.69, 9.17) is 11.6 Å². The third-order valence-electron chi connectivity index (χ3n) is 1.33. The maximum Gasteiger partial charge on any atom is 0.135 e. The SMILES string of the molecule is CC(=O)Cc1cc(Cl)c(C)s1. The summed E-state index contributed by atoms with van der Waals surface area (Å²) in [4.78, 5) is 12.8. The van der Waals surface area contributed by atoms with Crippen LogP contribution in [0.2, 0.25) is 5.02 Å². The van der Waals surface area contributed by atoms with Crippen molar-refractivity contribution in [3.8, 4) is 0 Å². The fourth-order valence-corrected chi connectivity index (χ4v) is 2.16. The lowest BCUT2D eigenvalue weighted by atomic mass is 10.3. The average molecular weight is 189 g/mol. The third kappa shape index (κ3) is 2.31. The van der Waals surface area contributed by atoms with Crippen molar-refractivity contribution >= 4 is 28.7 Å². The maximum atomic E-state index is 10.7. The molecule has 0 bridgehead atoms. The Morgan fingerprint density at radius 1 is 1.73 bits per heavy atom. The van der Waals surface area contributed by atoms with Crippen molar-refractivity contribution in [2.75, 3.05) is 0 Å². The van der Waals surface area contributed by atoms with Crippen LogP contribution in [-0.2, 0) is 11.2 Å². The quantitative estimate of drug-likeness (QED) is 0.698. The van der Waals surface area contributed by atoms with Crippen LogP contribution in [0.15, 0.2) is 6.07 Å². The molecular formula is C8H9ClOS. The highest BCUT2D eigenvalue weighted by molar-refractivity contribution is 7.12. The fraction of sp³-hybridized carbons (Fsp3) is 0.375. The summed E-state index contributed by atoms with van der Waals surface area (Å²) in [6, 6.07) is 1.86. The minimum absolute atomic E-state index is 0.183. The van der Waals surface area contributed by atoms with E-state index in [9.17, 15) is 4.79 Å². The van der Waals surface area contributed by atoms with Crippen LogP contribution in [0.4, 0.5) is 0 Å². The zero-order valence-electron chi connectivity index (χ0n) is 6.48. The molecule has 0 N–H and O–H groups in total. The number of hydrogen-bond donors (Lipinski definition) is 0. The van der Waals surface area contributed by atoms with E-state index in [0.29, 0.717) is 6.42 Å². The van der Waals surface area contributed by atoms with Crippen LogP contribution < -0.4 is 0 Å². The van der Waals surface area contributed by atoms with Gasteiger partial charge in [0.25, 0.3) is 0 Å². The van der Waals surface area contributed by atoms with Crippen LogP contribution in [0.5, 0.6) is 0 Å². The molecule has 11 heavy (non-hydrogen) atoms. The van der Waals surface area contributed by atoms with Crippen molar-refractivity contribution in [2.45, 2.75) is 20.3 Å². The highest BCUT2D eigenvalue weighted by Crippen LogP contribution is 2.25. The summed E-state index contributed by atoms with van der Waals surface area (Å²) < 4.78 is 0. The Hall–Kier alpha value is -0.340. The molecule has 0 atom stereocenters. The predicted octanol–water partition coefficient (Wildman–Crippen LogP) is 2.84. The Morgan fingerprint density at radius 2 is 2.36 bits per heavy atom. The molecule has 0 unspecified atom stereocenters. The van der Waals surface area contributed by atoms with Gasteiger partial charge in [-0.2, -0.15) is 0 Å². The van der Waals surface area contributed by atoms with E-state index in [0.717, 1.165) is 14.8 Å². The second-order valence-corrected chi connectivity index (χ2v) is 4.24.